The molecule has 0 N–H and O–H groups in total. The number of benzene rings is 1. The Hall–Kier alpha value is -2.96. The Morgan fingerprint density at radius 1 is 1.09 bits per heavy atom. The van der Waals surface area contributed by atoms with Crippen molar-refractivity contribution in [2.24, 2.45) is 0 Å². The van der Waals surface area contributed by atoms with Gasteiger partial charge in [-0.1, -0.05) is 6.07 Å². The molecule has 1 aromatic carbocycles. The highest BCUT2D eigenvalue weighted by Crippen LogP contribution is 2.36. The van der Waals surface area contributed by atoms with Crippen LogP contribution in [-0.2, 0) is 9.47 Å². The molecule has 0 saturated heterocycles. The topological polar surface area (TPSA) is 84.2 Å². The molecule has 0 atom stereocenters. The summed E-state index contributed by atoms with van der Waals surface area (Å²) >= 11 is 0. The van der Waals surface area contributed by atoms with E-state index in [4.69, 9.17) is 23.4 Å². The lowest BCUT2D eigenvalue weighted by atomic mass is 10.2. The fourth-order valence-electron chi connectivity index (χ4n) is 1.84. The monoisotopic (exact) mass is 320 g/mol. The van der Waals surface area contributed by atoms with E-state index >= 15 is 0 Å². The molecule has 0 spiro atoms. The maximum Gasteiger partial charge on any atom is 0.374 e. The van der Waals surface area contributed by atoms with Crippen LogP contribution in [0.3, 0.4) is 0 Å². The average molecular weight is 320 g/mol. The van der Waals surface area contributed by atoms with E-state index in [1.54, 1.807) is 19.1 Å². The van der Waals surface area contributed by atoms with Crippen LogP contribution < -0.4 is 9.47 Å². The summed E-state index contributed by atoms with van der Waals surface area (Å²) in [4.78, 5) is 23.4. The van der Waals surface area contributed by atoms with Crippen molar-refractivity contribution in [3.63, 3.8) is 0 Å². The zero-order chi connectivity index (χ0) is 16.8. The third-order valence-electron chi connectivity index (χ3n) is 2.86. The first kappa shape index (κ1) is 16.4. The summed E-state index contributed by atoms with van der Waals surface area (Å²) in [5.74, 6) is -0.723. The van der Waals surface area contributed by atoms with Gasteiger partial charge in [-0.25, -0.2) is 9.59 Å². The quantitative estimate of drug-likeness (QED) is 0.756. The third kappa shape index (κ3) is 3.63. The van der Waals surface area contributed by atoms with Crippen LogP contribution in [0.1, 0.15) is 27.8 Å². The van der Waals surface area contributed by atoms with Gasteiger partial charge in [0, 0.05) is 6.07 Å². The Kier molecular flexibility index (Phi) is 5.24. The van der Waals surface area contributed by atoms with E-state index in [1.165, 1.54) is 32.4 Å². The van der Waals surface area contributed by atoms with Crippen LogP contribution in [0, 0.1) is 0 Å². The van der Waals surface area contributed by atoms with E-state index in [-0.39, 0.29) is 29.6 Å². The van der Waals surface area contributed by atoms with Gasteiger partial charge in [0.1, 0.15) is 5.56 Å². The molecule has 7 nitrogen and oxygen atoms in total. The predicted molar refractivity (Wildman–Crippen MR) is 79.1 cm³/mol. The highest BCUT2D eigenvalue weighted by Gasteiger charge is 2.20. The minimum absolute atomic E-state index is 0.00336. The van der Waals surface area contributed by atoms with Gasteiger partial charge in [-0.3, -0.25) is 0 Å². The summed E-state index contributed by atoms with van der Waals surface area (Å²) in [5, 5.41) is 0. The minimum Gasteiger partial charge on any atom is -0.493 e. The van der Waals surface area contributed by atoms with Crippen LogP contribution >= 0.6 is 0 Å². The van der Waals surface area contributed by atoms with Gasteiger partial charge in [0.25, 0.3) is 5.95 Å². The number of para-hydroxylation sites is 1. The first-order chi connectivity index (χ1) is 11.1. The van der Waals surface area contributed by atoms with E-state index in [9.17, 15) is 9.59 Å². The van der Waals surface area contributed by atoms with Gasteiger partial charge >= 0.3 is 11.9 Å². The van der Waals surface area contributed by atoms with Gasteiger partial charge in [0.15, 0.2) is 11.5 Å². The van der Waals surface area contributed by atoms with E-state index < -0.39 is 11.9 Å². The standard InChI is InChI=1S/C16H16O7/c1-4-21-16(18)12-8-9-13(22-12)23-14-10(15(17)20-3)6-5-7-11(14)19-2/h5-9H,4H2,1-3H3. The Morgan fingerprint density at radius 2 is 1.87 bits per heavy atom. The van der Waals surface area contributed by atoms with Crippen molar-refractivity contribution in [2.45, 2.75) is 6.92 Å². The zero-order valence-electron chi connectivity index (χ0n) is 13.0. The zero-order valence-corrected chi connectivity index (χ0v) is 13.0. The maximum absolute atomic E-state index is 11.8. The maximum atomic E-state index is 11.8. The van der Waals surface area contributed by atoms with Crippen LogP contribution in [0.2, 0.25) is 0 Å². The van der Waals surface area contributed by atoms with Crippen LogP contribution in [-0.4, -0.2) is 32.8 Å². The molecule has 0 unspecified atom stereocenters. The molecule has 0 aliphatic heterocycles. The molecule has 0 amide bonds. The third-order valence-corrected chi connectivity index (χ3v) is 2.86. The lowest BCUT2D eigenvalue weighted by Gasteiger charge is -2.11. The van der Waals surface area contributed by atoms with Crippen molar-refractivity contribution in [3.05, 3.63) is 41.7 Å². The largest absolute Gasteiger partial charge is 0.493 e. The molecular weight excluding hydrogens is 304 g/mol. The second kappa shape index (κ2) is 7.35. The van der Waals surface area contributed by atoms with Gasteiger partial charge in [-0.2, -0.15) is 0 Å². The van der Waals surface area contributed by atoms with Gasteiger partial charge in [0.05, 0.1) is 20.8 Å². The molecule has 0 radical (unpaired) electrons. The molecule has 0 saturated carbocycles. The van der Waals surface area contributed by atoms with Gasteiger partial charge in [-0.15, -0.1) is 0 Å². The molecule has 0 bridgehead atoms. The second-order valence-electron chi connectivity index (χ2n) is 4.27. The van der Waals surface area contributed by atoms with Crippen molar-refractivity contribution < 1.29 is 33.0 Å². The van der Waals surface area contributed by atoms with Crippen LogP contribution in [0.15, 0.2) is 34.7 Å². The van der Waals surface area contributed by atoms with E-state index in [2.05, 4.69) is 0 Å². The number of hydrogen-bond donors (Lipinski definition) is 0. The van der Waals surface area contributed by atoms with Crippen molar-refractivity contribution in [3.8, 4) is 17.4 Å². The first-order valence-corrected chi connectivity index (χ1v) is 6.80. The molecule has 122 valence electrons. The van der Waals surface area contributed by atoms with Crippen molar-refractivity contribution in [1.82, 2.24) is 0 Å². The summed E-state index contributed by atoms with van der Waals surface area (Å²) in [5.41, 5.74) is 0.168. The summed E-state index contributed by atoms with van der Waals surface area (Å²) in [6.07, 6.45) is 0. The molecule has 0 aliphatic carbocycles. The molecule has 2 rings (SSSR count). The Labute approximate surface area is 132 Å². The number of hydrogen-bond acceptors (Lipinski definition) is 7. The molecule has 1 aromatic heterocycles. The number of carbonyl (C=O) groups is 2. The number of methoxy groups -OCH3 is 2. The average Bonchev–Trinajstić information content (AvgIpc) is 3.03. The summed E-state index contributed by atoms with van der Waals surface area (Å²) in [6.45, 7) is 1.92. The lowest BCUT2D eigenvalue weighted by Crippen LogP contribution is -2.05. The number of ether oxygens (including phenoxy) is 4. The van der Waals surface area contributed by atoms with Crippen molar-refractivity contribution in [2.75, 3.05) is 20.8 Å². The van der Waals surface area contributed by atoms with Crippen LogP contribution in [0.4, 0.5) is 0 Å². The molecule has 23 heavy (non-hydrogen) atoms. The Bertz CT molecular complexity index is 702. The molecule has 7 heteroatoms. The van der Waals surface area contributed by atoms with Crippen molar-refractivity contribution >= 4 is 11.9 Å². The van der Waals surface area contributed by atoms with Crippen LogP contribution in [0.5, 0.6) is 17.4 Å². The van der Waals surface area contributed by atoms with E-state index in [1.807, 2.05) is 0 Å². The predicted octanol–water partition coefficient (Wildman–Crippen LogP) is 3.04. The fourth-order valence-corrected chi connectivity index (χ4v) is 1.84. The minimum atomic E-state index is -0.601. The first-order valence-electron chi connectivity index (χ1n) is 6.80. The van der Waals surface area contributed by atoms with Crippen LogP contribution in [0.25, 0.3) is 0 Å². The molecule has 0 fully saturated rings. The van der Waals surface area contributed by atoms with Gasteiger partial charge in [0.2, 0.25) is 5.76 Å². The Morgan fingerprint density at radius 3 is 2.52 bits per heavy atom. The highest BCUT2D eigenvalue weighted by atomic mass is 16.6. The number of furan rings is 1. The SMILES string of the molecule is CCOC(=O)c1ccc(Oc2c(OC)cccc2C(=O)OC)o1. The van der Waals surface area contributed by atoms with Gasteiger partial charge in [-0.05, 0) is 25.1 Å². The second-order valence-corrected chi connectivity index (χ2v) is 4.27. The van der Waals surface area contributed by atoms with Crippen molar-refractivity contribution in [1.29, 1.82) is 0 Å². The molecule has 0 aliphatic rings. The fraction of sp³-hybridized carbons (Fsp3) is 0.250. The summed E-state index contributed by atoms with van der Waals surface area (Å²) in [6, 6.07) is 7.64. The summed E-state index contributed by atoms with van der Waals surface area (Å²) < 4.78 is 25.5. The van der Waals surface area contributed by atoms with E-state index in [0.29, 0.717) is 5.75 Å². The molecule has 2 aromatic rings. The number of rotatable bonds is 6. The normalized spacial score (nSPS) is 10.0. The Balaban J connectivity index is 2.32. The molecule has 1 heterocycles. The summed E-state index contributed by atoms with van der Waals surface area (Å²) in [7, 11) is 2.70. The van der Waals surface area contributed by atoms with Gasteiger partial charge < -0.3 is 23.4 Å². The highest BCUT2D eigenvalue weighted by molar-refractivity contribution is 5.93. The lowest BCUT2D eigenvalue weighted by molar-refractivity contribution is 0.0483. The smallest absolute Gasteiger partial charge is 0.374 e. The number of carbonyl (C=O) groups excluding carboxylic acids is 2. The van der Waals surface area contributed by atoms with E-state index in [0.717, 1.165) is 0 Å². The molecular formula is C16H16O7. The number of esters is 2.